The van der Waals surface area contributed by atoms with Gasteiger partial charge in [-0.3, -0.25) is 0 Å². The topological polar surface area (TPSA) is 102 Å². The minimum atomic E-state index is -5.04. The third kappa shape index (κ3) is 11.6. The first-order valence-electron chi connectivity index (χ1n) is 4.91. The smallest absolute Gasteiger partial charge is 0.790 e. The van der Waals surface area contributed by atoms with E-state index in [1.54, 1.807) is 12.1 Å². The summed E-state index contributed by atoms with van der Waals surface area (Å²) in [7, 11) is -5.04. The van der Waals surface area contributed by atoms with Crippen molar-refractivity contribution >= 4 is 7.82 Å². The maximum absolute atomic E-state index is 10.2. The quantitative estimate of drug-likeness (QED) is 0.409. The SMILES string of the molecule is Cc1ccccc1OCC(O)COP(=O)([O-])[O-].[K+].[K+]. The summed E-state index contributed by atoms with van der Waals surface area (Å²) in [5, 5.41) is 9.32. The van der Waals surface area contributed by atoms with Gasteiger partial charge in [0.1, 0.15) is 18.5 Å². The number of hydrogen-bond acceptors (Lipinski definition) is 6. The van der Waals surface area contributed by atoms with Crippen LogP contribution in [0, 0.1) is 6.92 Å². The molecule has 6 nitrogen and oxygen atoms in total. The van der Waals surface area contributed by atoms with E-state index in [0.29, 0.717) is 5.75 Å². The van der Waals surface area contributed by atoms with E-state index in [2.05, 4.69) is 4.52 Å². The van der Waals surface area contributed by atoms with Crippen molar-refractivity contribution in [2.45, 2.75) is 13.0 Å². The van der Waals surface area contributed by atoms with Crippen molar-refractivity contribution < 1.29 is 131 Å². The van der Waals surface area contributed by atoms with Crippen LogP contribution in [-0.2, 0) is 9.09 Å². The summed E-state index contributed by atoms with van der Waals surface area (Å²) in [4.78, 5) is 20.3. The van der Waals surface area contributed by atoms with Crippen LogP contribution in [0.25, 0.3) is 0 Å². The number of benzene rings is 1. The van der Waals surface area contributed by atoms with Crippen LogP contribution >= 0.6 is 7.82 Å². The van der Waals surface area contributed by atoms with Crippen LogP contribution in [0.15, 0.2) is 24.3 Å². The van der Waals surface area contributed by atoms with Crippen LogP contribution in [0.3, 0.4) is 0 Å². The molecule has 0 aliphatic rings. The second-order valence-electron chi connectivity index (χ2n) is 3.47. The molecule has 0 heterocycles. The number of aryl methyl sites for hydroxylation is 1. The Balaban J connectivity index is 0. The monoisotopic (exact) mass is 338 g/mol. The van der Waals surface area contributed by atoms with Gasteiger partial charge >= 0.3 is 103 Å². The van der Waals surface area contributed by atoms with Crippen LogP contribution in [0.5, 0.6) is 5.75 Å². The molecule has 1 N–H and O–H groups in total. The number of para-hydroxylation sites is 1. The van der Waals surface area contributed by atoms with Crippen molar-refractivity contribution in [2.75, 3.05) is 13.2 Å². The van der Waals surface area contributed by atoms with Crippen LogP contribution in [0.2, 0.25) is 0 Å². The summed E-state index contributed by atoms with van der Waals surface area (Å²) >= 11 is 0. The van der Waals surface area contributed by atoms with Crippen molar-refractivity contribution in [2.24, 2.45) is 0 Å². The molecule has 0 aliphatic heterocycles. The standard InChI is InChI=1S/C10H15O6P.2K/c1-8-4-2-3-5-10(8)15-6-9(11)7-16-17(12,13)14;;/h2-5,9,11H,6-7H2,1H3,(H2,12,13,14);;/q;2*+1/p-2. The third-order valence-corrected chi connectivity index (χ3v) is 2.42. The molecule has 1 atom stereocenters. The third-order valence-electron chi connectivity index (χ3n) is 1.95. The van der Waals surface area contributed by atoms with Crippen LogP contribution in [0.1, 0.15) is 5.56 Å². The van der Waals surface area contributed by atoms with Gasteiger partial charge in [-0.25, -0.2) is 0 Å². The molecule has 1 aromatic rings. The molecule has 1 unspecified atom stereocenters. The Morgan fingerprint density at radius 3 is 2.37 bits per heavy atom. The summed E-state index contributed by atoms with van der Waals surface area (Å²) in [6.07, 6.45) is -1.18. The molecular weight excluding hydrogens is 325 g/mol. The summed E-state index contributed by atoms with van der Waals surface area (Å²) in [5.74, 6) is 0.582. The van der Waals surface area contributed by atoms with Crippen molar-refractivity contribution in [3.63, 3.8) is 0 Å². The molecule has 0 aromatic heterocycles. The van der Waals surface area contributed by atoms with Gasteiger partial charge in [0.05, 0.1) is 14.4 Å². The molecule has 1 aromatic carbocycles. The Labute approximate surface area is 197 Å². The van der Waals surface area contributed by atoms with Crippen LogP contribution < -0.4 is 117 Å². The van der Waals surface area contributed by atoms with E-state index in [0.717, 1.165) is 5.56 Å². The Hall–Kier alpha value is 2.36. The van der Waals surface area contributed by atoms with E-state index in [1.165, 1.54) is 0 Å². The number of phosphoric ester groups is 1. The molecule has 0 spiro atoms. The number of aliphatic hydroxyl groups excluding tert-OH is 1. The van der Waals surface area contributed by atoms with Crippen molar-refractivity contribution in [1.29, 1.82) is 0 Å². The minimum absolute atomic E-state index is 0. The zero-order chi connectivity index (χ0) is 12.9. The molecule has 0 bridgehead atoms. The Morgan fingerprint density at radius 1 is 1.26 bits per heavy atom. The predicted molar refractivity (Wildman–Crippen MR) is 56.2 cm³/mol. The maximum Gasteiger partial charge on any atom is 1.00 e. The molecule has 19 heavy (non-hydrogen) atoms. The molecule has 0 saturated carbocycles. The summed E-state index contributed by atoms with van der Waals surface area (Å²) in [6, 6.07) is 7.16. The molecule has 0 radical (unpaired) electrons. The van der Waals surface area contributed by atoms with E-state index in [1.807, 2.05) is 19.1 Å². The minimum Gasteiger partial charge on any atom is -0.790 e. The number of aliphatic hydroxyl groups is 1. The van der Waals surface area contributed by atoms with Gasteiger partial charge in [-0.15, -0.1) is 0 Å². The first-order valence-corrected chi connectivity index (χ1v) is 6.37. The fourth-order valence-corrected chi connectivity index (χ4v) is 1.48. The number of phosphoric acid groups is 1. The van der Waals surface area contributed by atoms with Crippen LogP contribution in [-0.4, -0.2) is 24.4 Å². The second-order valence-corrected chi connectivity index (χ2v) is 4.63. The Kier molecular flexibility index (Phi) is 14.8. The predicted octanol–water partition coefficient (Wildman–Crippen LogP) is -6.41. The maximum atomic E-state index is 10.2. The Bertz CT molecular complexity index is 411. The zero-order valence-electron chi connectivity index (χ0n) is 11.2. The number of hydrogen-bond donors (Lipinski definition) is 1. The van der Waals surface area contributed by atoms with Gasteiger partial charge in [0, 0.05) is 0 Å². The van der Waals surface area contributed by atoms with E-state index < -0.39 is 20.5 Å². The van der Waals surface area contributed by atoms with E-state index in [9.17, 15) is 19.5 Å². The van der Waals surface area contributed by atoms with E-state index >= 15 is 0 Å². The van der Waals surface area contributed by atoms with Gasteiger partial charge in [-0.2, -0.15) is 0 Å². The second kappa shape index (κ2) is 11.9. The fraction of sp³-hybridized carbons (Fsp3) is 0.400. The van der Waals surface area contributed by atoms with Crippen LogP contribution in [0.4, 0.5) is 0 Å². The van der Waals surface area contributed by atoms with Gasteiger partial charge < -0.3 is 28.7 Å². The van der Waals surface area contributed by atoms with Gasteiger partial charge in [0.15, 0.2) is 0 Å². The molecule has 0 amide bonds. The van der Waals surface area contributed by atoms with Crippen molar-refractivity contribution in [1.82, 2.24) is 0 Å². The van der Waals surface area contributed by atoms with Gasteiger partial charge in [-0.1, -0.05) is 18.2 Å². The Morgan fingerprint density at radius 2 is 1.84 bits per heavy atom. The summed E-state index contributed by atoms with van der Waals surface area (Å²) < 4.78 is 19.3. The molecule has 0 fully saturated rings. The van der Waals surface area contributed by atoms with Crippen molar-refractivity contribution in [3.8, 4) is 5.75 Å². The van der Waals surface area contributed by atoms with E-state index in [4.69, 9.17) is 4.74 Å². The van der Waals surface area contributed by atoms with Crippen molar-refractivity contribution in [3.05, 3.63) is 29.8 Å². The average Bonchev–Trinajstić information content (AvgIpc) is 2.24. The molecular formula is C10H13K2O6P. The molecule has 0 saturated heterocycles. The fourth-order valence-electron chi connectivity index (χ4n) is 1.13. The molecule has 9 heteroatoms. The molecule has 0 aliphatic carbocycles. The summed E-state index contributed by atoms with van der Waals surface area (Å²) in [5.41, 5.74) is 0.888. The summed E-state index contributed by atoms with van der Waals surface area (Å²) in [6.45, 7) is 1.09. The van der Waals surface area contributed by atoms with Gasteiger partial charge in [0.25, 0.3) is 0 Å². The molecule has 1 rings (SSSR count). The van der Waals surface area contributed by atoms with Gasteiger partial charge in [-0.05, 0) is 18.6 Å². The average molecular weight is 338 g/mol. The van der Waals surface area contributed by atoms with Gasteiger partial charge in [0.2, 0.25) is 0 Å². The largest absolute Gasteiger partial charge is 1.00 e. The molecule has 96 valence electrons. The van der Waals surface area contributed by atoms with E-state index in [-0.39, 0.29) is 109 Å². The normalized spacial score (nSPS) is 12.0. The zero-order valence-corrected chi connectivity index (χ0v) is 18.4. The number of ether oxygens (including phenoxy) is 1. The first-order chi connectivity index (χ1) is 7.88. The number of rotatable bonds is 6. The first kappa shape index (κ1) is 23.6.